The molecule has 5 nitrogen and oxygen atoms in total. The summed E-state index contributed by atoms with van der Waals surface area (Å²) in [7, 11) is 0. The molecule has 0 spiro atoms. The summed E-state index contributed by atoms with van der Waals surface area (Å²) in [6, 6.07) is 9.48. The van der Waals surface area contributed by atoms with Gasteiger partial charge in [0.15, 0.2) is 0 Å². The van der Waals surface area contributed by atoms with E-state index < -0.39 is 0 Å². The summed E-state index contributed by atoms with van der Waals surface area (Å²) in [6.07, 6.45) is 2.39. The van der Waals surface area contributed by atoms with E-state index in [1.165, 1.54) is 0 Å². The van der Waals surface area contributed by atoms with Crippen molar-refractivity contribution in [1.29, 1.82) is 0 Å². The molecule has 1 aromatic carbocycles. The first-order valence-electron chi connectivity index (χ1n) is 8.07. The first-order valence-corrected chi connectivity index (χ1v) is 8.07. The van der Waals surface area contributed by atoms with Crippen molar-refractivity contribution in [3.8, 4) is 0 Å². The molecule has 2 aromatic rings. The van der Waals surface area contributed by atoms with E-state index in [4.69, 9.17) is 0 Å². The van der Waals surface area contributed by atoms with Gasteiger partial charge in [-0.25, -0.2) is 0 Å². The molecule has 1 fully saturated rings. The zero-order chi connectivity index (χ0) is 16.2. The molecule has 5 heteroatoms. The van der Waals surface area contributed by atoms with Gasteiger partial charge in [-0.05, 0) is 31.9 Å². The second-order valence-electron chi connectivity index (χ2n) is 5.92. The fourth-order valence-electron chi connectivity index (χ4n) is 3.00. The third-order valence-corrected chi connectivity index (χ3v) is 4.15. The SMILES string of the molecule is Cc1cc(C(=O)NCCCN2CCCC2=O)c2ccccc2n1. The minimum atomic E-state index is -0.0838. The summed E-state index contributed by atoms with van der Waals surface area (Å²) < 4.78 is 0. The molecule has 23 heavy (non-hydrogen) atoms. The van der Waals surface area contributed by atoms with Crippen LogP contribution in [0.15, 0.2) is 30.3 Å². The summed E-state index contributed by atoms with van der Waals surface area (Å²) in [5.74, 6) is 0.145. The Kier molecular flexibility index (Phi) is 4.55. The molecular formula is C18H21N3O2. The Morgan fingerprint density at radius 2 is 2.17 bits per heavy atom. The van der Waals surface area contributed by atoms with Gasteiger partial charge < -0.3 is 10.2 Å². The van der Waals surface area contributed by atoms with Crippen LogP contribution in [0.25, 0.3) is 10.9 Å². The molecule has 2 amide bonds. The molecule has 1 aliphatic heterocycles. The number of hydrogen-bond acceptors (Lipinski definition) is 3. The molecule has 0 saturated carbocycles. The highest BCUT2D eigenvalue weighted by atomic mass is 16.2. The maximum Gasteiger partial charge on any atom is 0.252 e. The number of likely N-dealkylation sites (tertiary alicyclic amines) is 1. The summed E-state index contributed by atoms with van der Waals surface area (Å²) in [4.78, 5) is 30.3. The van der Waals surface area contributed by atoms with Gasteiger partial charge in [0.05, 0.1) is 11.1 Å². The lowest BCUT2D eigenvalue weighted by molar-refractivity contribution is -0.127. The highest BCUT2D eigenvalue weighted by molar-refractivity contribution is 6.06. The minimum absolute atomic E-state index is 0.0838. The molecule has 0 atom stereocenters. The van der Waals surface area contributed by atoms with Crippen LogP contribution < -0.4 is 5.32 Å². The average Bonchev–Trinajstić information content (AvgIpc) is 2.95. The van der Waals surface area contributed by atoms with E-state index >= 15 is 0 Å². The molecule has 120 valence electrons. The van der Waals surface area contributed by atoms with Crippen molar-refractivity contribution in [3.05, 3.63) is 41.6 Å². The van der Waals surface area contributed by atoms with Crippen LogP contribution >= 0.6 is 0 Å². The van der Waals surface area contributed by atoms with Crippen molar-refractivity contribution in [2.45, 2.75) is 26.2 Å². The third-order valence-electron chi connectivity index (χ3n) is 4.15. The molecule has 1 aliphatic rings. The normalized spacial score (nSPS) is 14.5. The molecule has 0 radical (unpaired) electrons. The highest BCUT2D eigenvalue weighted by Gasteiger charge is 2.19. The molecule has 1 aromatic heterocycles. The maximum absolute atomic E-state index is 12.5. The van der Waals surface area contributed by atoms with Gasteiger partial charge in [-0.3, -0.25) is 14.6 Å². The van der Waals surface area contributed by atoms with Gasteiger partial charge in [0, 0.05) is 37.1 Å². The molecule has 0 bridgehead atoms. The van der Waals surface area contributed by atoms with Gasteiger partial charge in [0.1, 0.15) is 0 Å². The summed E-state index contributed by atoms with van der Waals surface area (Å²) >= 11 is 0. The molecular weight excluding hydrogens is 290 g/mol. The fourth-order valence-corrected chi connectivity index (χ4v) is 3.00. The number of para-hydroxylation sites is 1. The van der Waals surface area contributed by atoms with E-state index in [1.807, 2.05) is 42.2 Å². The van der Waals surface area contributed by atoms with E-state index in [0.717, 1.165) is 42.5 Å². The van der Waals surface area contributed by atoms with E-state index in [9.17, 15) is 9.59 Å². The van der Waals surface area contributed by atoms with Crippen LogP contribution in [0.3, 0.4) is 0 Å². The Balaban J connectivity index is 1.61. The lowest BCUT2D eigenvalue weighted by Crippen LogP contribution is -2.30. The smallest absolute Gasteiger partial charge is 0.252 e. The van der Waals surface area contributed by atoms with Crippen molar-refractivity contribution in [1.82, 2.24) is 15.2 Å². The number of rotatable bonds is 5. The van der Waals surface area contributed by atoms with E-state index in [2.05, 4.69) is 10.3 Å². The number of carbonyl (C=O) groups is 2. The van der Waals surface area contributed by atoms with Crippen molar-refractivity contribution < 1.29 is 9.59 Å². The first-order chi connectivity index (χ1) is 11.1. The van der Waals surface area contributed by atoms with Crippen LogP contribution in [-0.4, -0.2) is 41.3 Å². The molecule has 1 N–H and O–H groups in total. The zero-order valence-corrected chi connectivity index (χ0v) is 13.3. The van der Waals surface area contributed by atoms with Gasteiger partial charge in [-0.15, -0.1) is 0 Å². The standard InChI is InChI=1S/C18H21N3O2/c1-13-12-15(14-6-2-3-7-16(14)20-13)18(23)19-9-5-11-21-10-4-8-17(21)22/h2-3,6-7,12H,4-5,8-11H2,1H3,(H,19,23). The molecule has 0 aliphatic carbocycles. The van der Waals surface area contributed by atoms with Crippen molar-refractivity contribution >= 4 is 22.7 Å². The number of nitrogens with zero attached hydrogens (tertiary/aromatic N) is 2. The van der Waals surface area contributed by atoms with E-state index in [1.54, 1.807) is 0 Å². The van der Waals surface area contributed by atoms with Crippen molar-refractivity contribution in [3.63, 3.8) is 0 Å². The number of carbonyl (C=O) groups excluding carboxylic acids is 2. The predicted octanol–water partition coefficient (Wildman–Crippen LogP) is 2.29. The Bertz CT molecular complexity index is 742. The topological polar surface area (TPSA) is 62.3 Å². The molecule has 0 unspecified atom stereocenters. The third kappa shape index (κ3) is 3.50. The number of nitrogens with one attached hydrogen (secondary N) is 1. The number of benzene rings is 1. The quantitative estimate of drug-likeness (QED) is 0.862. The molecule has 2 heterocycles. The number of fused-ring (bicyclic) bond motifs is 1. The Labute approximate surface area is 135 Å². The van der Waals surface area contributed by atoms with E-state index in [0.29, 0.717) is 18.5 Å². The van der Waals surface area contributed by atoms with Gasteiger partial charge in [-0.1, -0.05) is 18.2 Å². The average molecular weight is 311 g/mol. The number of amides is 2. The summed E-state index contributed by atoms with van der Waals surface area (Å²) in [6.45, 7) is 4.02. The van der Waals surface area contributed by atoms with Crippen molar-refractivity contribution in [2.24, 2.45) is 0 Å². The number of aromatic nitrogens is 1. The van der Waals surface area contributed by atoms with Crippen molar-refractivity contribution in [2.75, 3.05) is 19.6 Å². The van der Waals surface area contributed by atoms with Crippen LogP contribution in [0.5, 0.6) is 0 Å². The lowest BCUT2D eigenvalue weighted by Gasteiger charge is -2.15. The minimum Gasteiger partial charge on any atom is -0.352 e. The van der Waals surface area contributed by atoms with Gasteiger partial charge >= 0.3 is 0 Å². The van der Waals surface area contributed by atoms with Crippen LogP contribution in [0.2, 0.25) is 0 Å². The highest BCUT2D eigenvalue weighted by Crippen LogP contribution is 2.18. The Hall–Kier alpha value is -2.43. The van der Waals surface area contributed by atoms with Crippen LogP contribution in [0.4, 0.5) is 0 Å². The van der Waals surface area contributed by atoms with Crippen LogP contribution in [0, 0.1) is 6.92 Å². The predicted molar refractivity (Wildman–Crippen MR) is 89.2 cm³/mol. The van der Waals surface area contributed by atoms with Gasteiger partial charge in [0.25, 0.3) is 5.91 Å². The van der Waals surface area contributed by atoms with Crippen LogP contribution in [-0.2, 0) is 4.79 Å². The second kappa shape index (κ2) is 6.77. The molecule has 3 rings (SSSR count). The first kappa shape index (κ1) is 15.5. The fraction of sp³-hybridized carbons (Fsp3) is 0.389. The lowest BCUT2D eigenvalue weighted by atomic mass is 10.1. The molecule has 1 saturated heterocycles. The van der Waals surface area contributed by atoms with Gasteiger partial charge in [-0.2, -0.15) is 0 Å². The summed E-state index contributed by atoms with van der Waals surface area (Å²) in [5.41, 5.74) is 2.32. The largest absolute Gasteiger partial charge is 0.352 e. The maximum atomic E-state index is 12.5. The number of aryl methyl sites for hydroxylation is 1. The summed E-state index contributed by atoms with van der Waals surface area (Å²) in [5, 5.41) is 3.82. The number of pyridine rings is 1. The van der Waals surface area contributed by atoms with Gasteiger partial charge in [0.2, 0.25) is 5.91 Å². The second-order valence-corrected chi connectivity index (χ2v) is 5.92. The monoisotopic (exact) mass is 311 g/mol. The number of hydrogen-bond donors (Lipinski definition) is 1. The Morgan fingerprint density at radius 1 is 1.35 bits per heavy atom. The Morgan fingerprint density at radius 3 is 2.96 bits per heavy atom. The zero-order valence-electron chi connectivity index (χ0n) is 13.3. The van der Waals surface area contributed by atoms with Crippen LogP contribution in [0.1, 0.15) is 35.3 Å². The van der Waals surface area contributed by atoms with E-state index in [-0.39, 0.29) is 11.8 Å².